The molecule has 2 aromatic carbocycles. The molecule has 40 heavy (non-hydrogen) atoms. The summed E-state index contributed by atoms with van der Waals surface area (Å²) >= 11 is 3.43. The van der Waals surface area contributed by atoms with Crippen LogP contribution in [0.1, 0.15) is 54.9 Å². The van der Waals surface area contributed by atoms with Crippen LogP contribution >= 0.6 is 15.9 Å². The van der Waals surface area contributed by atoms with E-state index >= 15 is 0 Å². The zero-order valence-corrected chi connectivity index (χ0v) is 24.6. The van der Waals surface area contributed by atoms with Crippen molar-refractivity contribution in [3.8, 4) is 6.07 Å². The van der Waals surface area contributed by atoms with Gasteiger partial charge in [0.15, 0.2) is 0 Å². The number of amides is 1. The number of carbonyl (C=O) groups is 1. The molecule has 4 aromatic rings. The van der Waals surface area contributed by atoms with Crippen molar-refractivity contribution in [2.75, 3.05) is 31.1 Å². The van der Waals surface area contributed by atoms with Gasteiger partial charge in [-0.05, 0) is 48.0 Å². The number of hydrogen-bond acceptors (Lipinski definition) is 6. The summed E-state index contributed by atoms with van der Waals surface area (Å²) in [5.41, 5.74) is 1.54. The quantitative estimate of drug-likeness (QED) is 0.319. The Morgan fingerprint density at radius 3 is 2.40 bits per heavy atom. The van der Waals surface area contributed by atoms with Crippen molar-refractivity contribution in [1.29, 1.82) is 5.26 Å². The number of aromatic amines is 1. The average Bonchev–Trinajstić information content (AvgIpc) is 3.01. The van der Waals surface area contributed by atoms with E-state index in [-0.39, 0.29) is 17.0 Å². The fraction of sp³-hybridized carbons (Fsp3) is 0.300. The number of nitrogens with zero attached hydrogens (tertiary/aromatic N) is 5. The van der Waals surface area contributed by atoms with Gasteiger partial charge in [0.05, 0.1) is 22.2 Å². The molecule has 0 radical (unpaired) electrons. The lowest BCUT2D eigenvalue weighted by Crippen LogP contribution is -2.49. The Hall–Kier alpha value is -4.10. The van der Waals surface area contributed by atoms with Crippen molar-refractivity contribution in [2.24, 2.45) is 0 Å². The molecule has 0 spiro atoms. The van der Waals surface area contributed by atoms with Crippen molar-refractivity contribution >= 4 is 38.4 Å². The van der Waals surface area contributed by atoms with Crippen molar-refractivity contribution in [3.05, 3.63) is 97.8 Å². The predicted molar refractivity (Wildman–Crippen MR) is 159 cm³/mol. The maximum absolute atomic E-state index is 14.7. The molecule has 1 N–H and O–H groups in total. The molecule has 0 aliphatic carbocycles. The van der Waals surface area contributed by atoms with E-state index in [1.807, 2.05) is 44.7 Å². The first-order valence-corrected chi connectivity index (χ1v) is 14.1. The van der Waals surface area contributed by atoms with Crippen LogP contribution in [0.4, 0.5) is 10.2 Å². The van der Waals surface area contributed by atoms with Gasteiger partial charge in [0.2, 0.25) is 0 Å². The van der Waals surface area contributed by atoms with E-state index in [0.717, 1.165) is 10.3 Å². The Labute approximate surface area is 241 Å². The van der Waals surface area contributed by atoms with Crippen molar-refractivity contribution in [1.82, 2.24) is 20.1 Å². The van der Waals surface area contributed by atoms with Gasteiger partial charge in [-0.2, -0.15) is 10.4 Å². The van der Waals surface area contributed by atoms with Crippen LogP contribution in [0.3, 0.4) is 0 Å². The summed E-state index contributed by atoms with van der Waals surface area (Å²) in [5.74, 6) is -0.215. The highest BCUT2D eigenvalue weighted by Gasteiger charge is 2.25. The summed E-state index contributed by atoms with van der Waals surface area (Å²) in [4.78, 5) is 33.3. The monoisotopic (exact) mass is 606 g/mol. The van der Waals surface area contributed by atoms with Gasteiger partial charge in [0.1, 0.15) is 17.7 Å². The summed E-state index contributed by atoms with van der Waals surface area (Å²) in [5, 5.41) is 16.9. The Balaban J connectivity index is 0.00000106. The SMILES string of the molecule is CC.CC.N#Cc1ccc(N2CCN(C(=O)c3cc(Cc4n[nH]c(=O)c5ccc(Br)cc45)ccc3F)CC2)nc1. The highest BCUT2D eigenvalue weighted by Crippen LogP contribution is 2.23. The summed E-state index contributed by atoms with van der Waals surface area (Å²) in [7, 11) is 0. The van der Waals surface area contributed by atoms with Crippen LogP contribution in [0.5, 0.6) is 0 Å². The van der Waals surface area contributed by atoms with Crippen molar-refractivity contribution in [2.45, 2.75) is 34.1 Å². The van der Waals surface area contributed by atoms with Crippen LogP contribution in [0, 0.1) is 17.1 Å². The molecule has 2 aromatic heterocycles. The van der Waals surface area contributed by atoms with Gasteiger partial charge in [-0.3, -0.25) is 9.59 Å². The van der Waals surface area contributed by atoms with Crippen LogP contribution in [0.15, 0.2) is 64.0 Å². The molecule has 1 amide bonds. The molecule has 0 unspecified atom stereocenters. The maximum atomic E-state index is 14.7. The van der Waals surface area contributed by atoms with E-state index in [4.69, 9.17) is 5.26 Å². The fourth-order valence-electron chi connectivity index (χ4n) is 4.31. The second kappa shape index (κ2) is 14.3. The number of pyridine rings is 1. The highest BCUT2D eigenvalue weighted by atomic mass is 79.9. The minimum absolute atomic E-state index is 0.00681. The predicted octanol–water partition coefficient (Wildman–Crippen LogP) is 5.70. The van der Waals surface area contributed by atoms with Crippen LogP contribution in [0.2, 0.25) is 0 Å². The molecule has 0 atom stereocenters. The smallest absolute Gasteiger partial charge is 0.272 e. The van der Waals surface area contributed by atoms with Crippen LogP contribution < -0.4 is 10.5 Å². The minimum Gasteiger partial charge on any atom is -0.353 e. The summed E-state index contributed by atoms with van der Waals surface area (Å²) < 4.78 is 15.5. The zero-order valence-electron chi connectivity index (χ0n) is 23.0. The molecule has 3 heterocycles. The molecule has 5 rings (SSSR count). The average molecular weight is 608 g/mol. The molecule has 1 saturated heterocycles. The number of rotatable bonds is 4. The number of halogens is 2. The third-order valence-corrected chi connectivity index (χ3v) is 6.72. The van der Waals surface area contributed by atoms with E-state index < -0.39 is 5.82 Å². The van der Waals surface area contributed by atoms with E-state index in [1.165, 1.54) is 12.3 Å². The van der Waals surface area contributed by atoms with Gasteiger partial charge < -0.3 is 9.80 Å². The zero-order chi connectivity index (χ0) is 29.2. The Morgan fingerprint density at radius 1 is 1.02 bits per heavy atom. The Bertz CT molecular complexity index is 1560. The van der Waals surface area contributed by atoms with Gasteiger partial charge in [-0.25, -0.2) is 14.5 Å². The summed E-state index contributed by atoms with van der Waals surface area (Å²) in [6, 6.07) is 15.3. The number of carbonyl (C=O) groups excluding carboxylic acids is 1. The lowest BCUT2D eigenvalue weighted by Gasteiger charge is -2.35. The minimum atomic E-state index is -0.582. The molecular formula is C30H32BrFN6O2. The molecule has 0 bridgehead atoms. The van der Waals surface area contributed by atoms with E-state index in [0.29, 0.717) is 60.2 Å². The van der Waals surface area contributed by atoms with Crippen molar-refractivity contribution in [3.63, 3.8) is 0 Å². The number of piperazine rings is 1. The van der Waals surface area contributed by atoms with Crippen LogP contribution in [-0.4, -0.2) is 52.2 Å². The van der Waals surface area contributed by atoms with Crippen LogP contribution in [0.25, 0.3) is 10.8 Å². The van der Waals surface area contributed by atoms with Gasteiger partial charge in [-0.15, -0.1) is 0 Å². The van der Waals surface area contributed by atoms with Gasteiger partial charge in [-0.1, -0.05) is 49.7 Å². The highest BCUT2D eigenvalue weighted by molar-refractivity contribution is 9.10. The Morgan fingerprint density at radius 2 is 1.75 bits per heavy atom. The van der Waals surface area contributed by atoms with E-state index in [2.05, 4.69) is 31.1 Å². The normalized spacial score (nSPS) is 12.5. The number of anilines is 1. The summed E-state index contributed by atoms with van der Waals surface area (Å²) in [6.07, 6.45) is 1.84. The largest absolute Gasteiger partial charge is 0.353 e. The molecule has 1 fully saturated rings. The van der Waals surface area contributed by atoms with E-state index in [1.54, 1.807) is 41.3 Å². The lowest BCUT2D eigenvalue weighted by atomic mass is 10.0. The summed E-state index contributed by atoms with van der Waals surface area (Å²) in [6.45, 7) is 9.94. The number of nitriles is 1. The fourth-order valence-corrected chi connectivity index (χ4v) is 4.68. The molecule has 1 aliphatic heterocycles. The van der Waals surface area contributed by atoms with Crippen molar-refractivity contribution < 1.29 is 9.18 Å². The maximum Gasteiger partial charge on any atom is 0.272 e. The van der Waals surface area contributed by atoms with Gasteiger partial charge in [0.25, 0.3) is 11.5 Å². The Kier molecular flexibility index (Phi) is 10.9. The second-order valence-electron chi connectivity index (χ2n) is 8.48. The first kappa shape index (κ1) is 30.4. The van der Waals surface area contributed by atoms with E-state index in [9.17, 15) is 14.0 Å². The molecule has 8 nitrogen and oxygen atoms in total. The number of nitrogens with one attached hydrogen (secondary N) is 1. The topological polar surface area (TPSA) is 106 Å². The van der Waals surface area contributed by atoms with Crippen LogP contribution in [-0.2, 0) is 6.42 Å². The standard InChI is InChI=1S/C26H20BrFN6O2.2C2H6/c27-18-3-4-19-20(13-18)23(31-32-25(19)35)12-16-1-5-22(28)21(11-16)26(36)34-9-7-33(8-10-34)24-6-2-17(14-29)15-30-24;2*1-2/h1-6,11,13,15H,7-10,12H2,(H,32,35);2*1-2H3. The third kappa shape index (κ3) is 6.90. The molecule has 0 saturated carbocycles. The molecular weight excluding hydrogens is 575 g/mol. The first-order chi connectivity index (χ1) is 19.4. The number of aromatic nitrogens is 3. The number of benzene rings is 2. The molecule has 10 heteroatoms. The second-order valence-corrected chi connectivity index (χ2v) is 9.39. The van der Waals surface area contributed by atoms with Gasteiger partial charge >= 0.3 is 0 Å². The molecule has 1 aliphatic rings. The number of H-pyrrole nitrogens is 1. The lowest BCUT2D eigenvalue weighted by molar-refractivity contribution is 0.0741. The number of hydrogen-bond donors (Lipinski definition) is 1. The molecule has 208 valence electrons. The first-order valence-electron chi connectivity index (χ1n) is 13.3. The third-order valence-electron chi connectivity index (χ3n) is 6.23. The van der Waals surface area contributed by atoms with Gasteiger partial charge in [0, 0.05) is 48.7 Å². The number of fused-ring (bicyclic) bond motifs is 1.